The van der Waals surface area contributed by atoms with Gasteiger partial charge in [-0.2, -0.15) is 0 Å². The molecule has 0 saturated carbocycles. The fraction of sp³-hybridized carbons (Fsp3) is 0. The number of benzene rings is 8. The molecule has 272 valence electrons. The van der Waals surface area contributed by atoms with Crippen LogP contribution in [-0.2, 0) is 0 Å². The zero-order valence-corrected chi connectivity index (χ0v) is 30.7. The molecule has 0 fully saturated rings. The Balaban J connectivity index is 1.22. The van der Waals surface area contributed by atoms with Crippen LogP contribution in [-0.4, -0.2) is 23.1 Å². The Labute approximate surface area is 330 Å². The molecule has 0 amide bonds. The summed E-state index contributed by atoms with van der Waals surface area (Å²) in [4.78, 5) is 54.0. The minimum atomic E-state index is -0.178. The third-order valence-electron chi connectivity index (χ3n) is 9.77. The summed E-state index contributed by atoms with van der Waals surface area (Å²) in [6, 6.07) is 61.4. The predicted octanol–water partition coefficient (Wildman–Crippen LogP) is 11.7. The summed E-state index contributed by atoms with van der Waals surface area (Å²) in [7, 11) is 0. The molecule has 0 bridgehead atoms. The van der Waals surface area contributed by atoms with Crippen molar-refractivity contribution < 1.29 is 23.9 Å². The van der Waals surface area contributed by atoms with Gasteiger partial charge in [0.1, 0.15) is 11.5 Å². The molecule has 5 nitrogen and oxygen atoms in total. The van der Waals surface area contributed by atoms with E-state index in [9.17, 15) is 19.2 Å². The smallest absolute Gasteiger partial charge is 0.193 e. The monoisotopic (exact) mass is 738 g/mol. The lowest BCUT2D eigenvalue weighted by Gasteiger charge is -2.17. The molecule has 0 spiro atoms. The van der Waals surface area contributed by atoms with E-state index in [1.54, 1.807) is 97.1 Å². The molecule has 0 saturated heterocycles. The standard InChI is InChI=1S/C52H34O5/c53-49(37-13-5-1-6-14-37)41-25-21-35(22-26-41)45-31-29-43(51(55)39-17-9-3-10-18-39)33-47(45)57-48-34-44(52(56)40-19-11-4-12-20-40)30-32-46(48)36-23-27-42(28-24-36)50(54)38-15-7-2-8-16-38/h1-34H. The van der Waals surface area contributed by atoms with E-state index in [1.165, 1.54) is 0 Å². The lowest BCUT2D eigenvalue weighted by atomic mass is 9.95. The fourth-order valence-corrected chi connectivity index (χ4v) is 6.72. The Morgan fingerprint density at radius 1 is 0.263 bits per heavy atom. The predicted molar refractivity (Wildman–Crippen MR) is 223 cm³/mol. The molecular weight excluding hydrogens is 705 g/mol. The van der Waals surface area contributed by atoms with Gasteiger partial charge in [-0.05, 0) is 35.4 Å². The molecule has 8 aromatic carbocycles. The number of hydrogen-bond acceptors (Lipinski definition) is 5. The van der Waals surface area contributed by atoms with Gasteiger partial charge in [0.15, 0.2) is 23.1 Å². The van der Waals surface area contributed by atoms with Gasteiger partial charge in [0.25, 0.3) is 0 Å². The van der Waals surface area contributed by atoms with Gasteiger partial charge in [0, 0.05) is 55.6 Å². The van der Waals surface area contributed by atoms with Crippen LogP contribution >= 0.6 is 0 Å². The molecule has 0 aliphatic rings. The molecule has 0 aliphatic carbocycles. The Hall–Kier alpha value is -7.76. The van der Waals surface area contributed by atoms with Crippen LogP contribution in [0, 0.1) is 0 Å². The lowest BCUT2D eigenvalue weighted by molar-refractivity contribution is 0.103. The van der Waals surface area contributed by atoms with E-state index in [4.69, 9.17) is 4.74 Å². The Bertz CT molecular complexity index is 2530. The van der Waals surface area contributed by atoms with Crippen molar-refractivity contribution in [2.45, 2.75) is 0 Å². The highest BCUT2D eigenvalue weighted by atomic mass is 16.5. The average Bonchev–Trinajstić information content (AvgIpc) is 3.29. The highest BCUT2D eigenvalue weighted by Crippen LogP contribution is 2.40. The number of ketones is 4. The summed E-state index contributed by atoms with van der Waals surface area (Å²) in [5, 5.41) is 0. The average molecular weight is 739 g/mol. The van der Waals surface area contributed by atoms with Crippen molar-refractivity contribution >= 4 is 23.1 Å². The molecule has 0 unspecified atom stereocenters. The summed E-state index contributed by atoms with van der Waals surface area (Å²) in [5.41, 5.74) is 7.00. The normalized spacial score (nSPS) is 10.7. The largest absolute Gasteiger partial charge is 0.456 e. The quantitative estimate of drug-likeness (QED) is 0.117. The summed E-state index contributed by atoms with van der Waals surface area (Å²) < 4.78 is 6.86. The van der Waals surface area contributed by atoms with Crippen LogP contribution in [0.1, 0.15) is 63.7 Å². The number of ether oxygens (including phenoxy) is 1. The minimum absolute atomic E-state index is 0.0940. The van der Waals surface area contributed by atoms with Crippen molar-refractivity contribution in [2.24, 2.45) is 0 Å². The van der Waals surface area contributed by atoms with Crippen LogP contribution in [0.4, 0.5) is 0 Å². The number of rotatable bonds is 12. The van der Waals surface area contributed by atoms with Gasteiger partial charge < -0.3 is 4.74 Å². The molecule has 0 aromatic heterocycles. The molecule has 0 N–H and O–H groups in total. The third kappa shape index (κ3) is 7.90. The molecule has 8 rings (SSSR count). The first-order valence-corrected chi connectivity index (χ1v) is 18.5. The molecule has 8 aromatic rings. The van der Waals surface area contributed by atoms with E-state index in [2.05, 4.69) is 0 Å². The van der Waals surface area contributed by atoms with Crippen LogP contribution in [0.3, 0.4) is 0 Å². The molecule has 0 atom stereocenters. The topological polar surface area (TPSA) is 77.5 Å². The highest BCUT2D eigenvalue weighted by Gasteiger charge is 2.20. The van der Waals surface area contributed by atoms with Crippen molar-refractivity contribution in [1.82, 2.24) is 0 Å². The molecular formula is C52H34O5. The van der Waals surface area contributed by atoms with Crippen molar-refractivity contribution in [3.05, 3.63) is 251 Å². The Kier molecular flexibility index (Phi) is 10.4. The Morgan fingerprint density at radius 3 is 0.807 bits per heavy atom. The maximum atomic E-state index is 13.8. The zero-order valence-electron chi connectivity index (χ0n) is 30.7. The van der Waals surface area contributed by atoms with Crippen molar-refractivity contribution in [2.75, 3.05) is 0 Å². The third-order valence-corrected chi connectivity index (χ3v) is 9.77. The van der Waals surface area contributed by atoms with Gasteiger partial charge in [-0.25, -0.2) is 0 Å². The SMILES string of the molecule is O=C(c1ccccc1)c1ccc(-c2ccc(C(=O)c3ccccc3)cc2Oc2cc(C(=O)c3ccccc3)ccc2-c2ccc(C(=O)c3ccccc3)cc2)cc1. The van der Waals surface area contributed by atoms with Gasteiger partial charge in [-0.15, -0.1) is 0 Å². The second-order valence-corrected chi connectivity index (χ2v) is 13.5. The van der Waals surface area contributed by atoms with Crippen molar-refractivity contribution in [3.63, 3.8) is 0 Å². The molecule has 57 heavy (non-hydrogen) atoms. The number of carbonyl (C=O) groups excluding carboxylic acids is 4. The molecule has 5 heteroatoms. The molecule has 0 radical (unpaired) electrons. The van der Waals surface area contributed by atoms with Crippen LogP contribution in [0.2, 0.25) is 0 Å². The summed E-state index contributed by atoms with van der Waals surface area (Å²) in [6.45, 7) is 0. The van der Waals surface area contributed by atoms with E-state index < -0.39 is 0 Å². The zero-order chi connectivity index (χ0) is 39.1. The van der Waals surface area contributed by atoms with E-state index in [0.29, 0.717) is 67.1 Å². The van der Waals surface area contributed by atoms with Gasteiger partial charge in [0.05, 0.1) is 0 Å². The van der Waals surface area contributed by atoms with E-state index in [-0.39, 0.29) is 23.1 Å². The summed E-state index contributed by atoms with van der Waals surface area (Å²) in [5.74, 6) is 0.207. The van der Waals surface area contributed by atoms with Crippen LogP contribution in [0.5, 0.6) is 11.5 Å². The highest BCUT2D eigenvalue weighted by molar-refractivity contribution is 6.11. The minimum Gasteiger partial charge on any atom is -0.456 e. The second-order valence-electron chi connectivity index (χ2n) is 13.5. The van der Waals surface area contributed by atoms with E-state index >= 15 is 0 Å². The molecule has 0 heterocycles. The maximum absolute atomic E-state index is 13.8. The van der Waals surface area contributed by atoms with Crippen LogP contribution in [0.15, 0.2) is 206 Å². The Morgan fingerprint density at radius 2 is 0.509 bits per heavy atom. The number of carbonyl (C=O) groups is 4. The van der Waals surface area contributed by atoms with Gasteiger partial charge in [-0.1, -0.05) is 182 Å². The van der Waals surface area contributed by atoms with E-state index in [0.717, 1.165) is 11.1 Å². The van der Waals surface area contributed by atoms with Crippen molar-refractivity contribution in [3.8, 4) is 33.8 Å². The van der Waals surface area contributed by atoms with Gasteiger partial charge >= 0.3 is 0 Å². The summed E-state index contributed by atoms with van der Waals surface area (Å²) >= 11 is 0. The van der Waals surface area contributed by atoms with Crippen molar-refractivity contribution in [1.29, 1.82) is 0 Å². The number of hydrogen-bond donors (Lipinski definition) is 0. The molecule has 0 aliphatic heterocycles. The first-order chi connectivity index (χ1) is 27.9. The lowest BCUT2D eigenvalue weighted by Crippen LogP contribution is -2.04. The maximum Gasteiger partial charge on any atom is 0.193 e. The summed E-state index contributed by atoms with van der Waals surface area (Å²) in [6.07, 6.45) is 0. The van der Waals surface area contributed by atoms with E-state index in [1.807, 2.05) is 109 Å². The van der Waals surface area contributed by atoms with Crippen LogP contribution < -0.4 is 4.74 Å². The first kappa shape index (κ1) is 36.2. The second kappa shape index (κ2) is 16.3. The van der Waals surface area contributed by atoms with Gasteiger partial charge in [-0.3, -0.25) is 19.2 Å². The fourth-order valence-electron chi connectivity index (χ4n) is 6.72. The first-order valence-electron chi connectivity index (χ1n) is 18.5. The van der Waals surface area contributed by atoms with Gasteiger partial charge in [0.2, 0.25) is 0 Å². The van der Waals surface area contributed by atoms with Crippen LogP contribution in [0.25, 0.3) is 22.3 Å².